The number of nitrogens with one attached hydrogen (secondary N) is 1. The molecule has 32 heavy (non-hydrogen) atoms. The van der Waals surface area contributed by atoms with E-state index in [2.05, 4.69) is 20.5 Å². The SMILES string of the molecule is CN(C)c1ccc(NC(=O)CSc2nnc(-c3ccncc3)n2-c2ccc(Cl)cc2)cc1. The normalized spacial score (nSPS) is 10.7. The van der Waals surface area contributed by atoms with E-state index in [1.54, 1.807) is 12.4 Å². The zero-order valence-corrected chi connectivity index (χ0v) is 19.1. The first-order chi connectivity index (χ1) is 15.5. The molecular formula is C23H21ClN6OS. The lowest BCUT2D eigenvalue weighted by Gasteiger charge is -2.13. The van der Waals surface area contributed by atoms with Crippen LogP contribution in [0, 0.1) is 0 Å². The standard InChI is InChI=1S/C23H21ClN6OS/c1-29(2)19-9-5-18(6-10-19)26-21(31)15-32-23-28-27-22(16-11-13-25-14-12-16)30(23)20-7-3-17(24)4-8-20/h3-14H,15H2,1-2H3,(H,26,31). The van der Waals surface area contributed by atoms with Crippen molar-refractivity contribution in [3.63, 3.8) is 0 Å². The molecule has 0 spiro atoms. The van der Waals surface area contributed by atoms with Crippen LogP contribution in [0.4, 0.5) is 11.4 Å². The van der Waals surface area contributed by atoms with Gasteiger partial charge < -0.3 is 10.2 Å². The van der Waals surface area contributed by atoms with Gasteiger partial charge in [0.15, 0.2) is 11.0 Å². The smallest absolute Gasteiger partial charge is 0.234 e. The molecule has 0 atom stereocenters. The molecule has 1 amide bonds. The van der Waals surface area contributed by atoms with E-state index in [4.69, 9.17) is 11.6 Å². The van der Waals surface area contributed by atoms with Gasteiger partial charge in [0.2, 0.25) is 5.91 Å². The molecule has 0 aliphatic rings. The minimum atomic E-state index is -0.122. The first-order valence-electron chi connectivity index (χ1n) is 9.83. The first kappa shape index (κ1) is 21.9. The van der Waals surface area contributed by atoms with Gasteiger partial charge in [-0.1, -0.05) is 23.4 Å². The van der Waals surface area contributed by atoms with Gasteiger partial charge >= 0.3 is 0 Å². The van der Waals surface area contributed by atoms with Gasteiger partial charge in [0.05, 0.1) is 5.75 Å². The number of pyridine rings is 1. The molecular weight excluding hydrogens is 444 g/mol. The number of aromatic nitrogens is 4. The molecule has 0 bridgehead atoms. The predicted octanol–water partition coefficient (Wildman–Crippen LogP) is 4.78. The summed E-state index contributed by atoms with van der Waals surface area (Å²) >= 11 is 7.38. The van der Waals surface area contributed by atoms with Crippen LogP contribution in [-0.4, -0.2) is 45.5 Å². The first-order valence-corrected chi connectivity index (χ1v) is 11.2. The van der Waals surface area contributed by atoms with E-state index in [0.717, 1.165) is 22.6 Å². The Morgan fingerprint density at radius 3 is 2.34 bits per heavy atom. The molecule has 4 aromatic rings. The molecule has 9 heteroatoms. The van der Waals surface area contributed by atoms with Crippen molar-refractivity contribution in [1.29, 1.82) is 0 Å². The number of carbonyl (C=O) groups excluding carboxylic acids is 1. The summed E-state index contributed by atoms with van der Waals surface area (Å²) in [6.45, 7) is 0. The molecule has 4 rings (SSSR count). The number of halogens is 1. The fraction of sp³-hybridized carbons (Fsp3) is 0.130. The number of benzene rings is 2. The highest BCUT2D eigenvalue weighted by Crippen LogP contribution is 2.28. The predicted molar refractivity (Wildman–Crippen MR) is 130 cm³/mol. The Morgan fingerprint density at radius 1 is 1.00 bits per heavy atom. The number of carbonyl (C=O) groups is 1. The van der Waals surface area contributed by atoms with E-state index in [-0.39, 0.29) is 11.7 Å². The molecule has 0 unspecified atom stereocenters. The van der Waals surface area contributed by atoms with Crippen molar-refractivity contribution in [3.05, 3.63) is 78.1 Å². The topological polar surface area (TPSA) is 75.9 Å². The van der Waals surface area contributed by atoms with Gasteiger partial charge in [0.25, 0.3) is 0 Å². The van der Waals surface area contributed by atoms with Crippen molar-refractivity contribution >= 4 is 40.6 Å². The third-order valence-corrected chi connectivity index (χ3v) is 5.84. The summed E-state index contributed by atoms with van der Waals surface area (Å²) in [4.78, 5) is 18.6. The molecule has 162 valence electrons. The van der Waals surface area contributed by atoms with Gasteiger partial charge in [-0.05, 0) is 60.7 Å². The molecule has 0 aliphatic carbocycles. The van der Waals surface area contributed by atoms with Gasteiger partial charge in [0.1, 0.15) is 0 Å². The zero-order chi connectivity index (χ0) is 22.5. The van der Waals surface area contributed by atoms with Crippen LogP contribution < -0.4 is 10.2 Å². The largest absolute Gasteiger partial charge is 0.378 e. The van der Waals surface area contributed by atoms with Crippen LogP contribution >= 0.6 is 23.4 Å². The van der Waals surface area contributed by atoms with Crippen LogP contribution in [0.25, 0.3) is 17.1 Å². The Bertz CT molecular complexity index is 1190. The summed E-state index contributed by atoms with van der Waals surface area (Å²) < 4.78 is 1.91. The van der Waals surface area contributed by atoms with E-state index in [1.165, 1.54) is 11.8 Å². The van der Waals surface area contributed by atoms with Crippen LogP contribution in [0.1, 0.15) is 0 Å². The zero-order valence-electron chi connectivity index (χ0n) is 17.6. The number of anilines is 2. The highest BCUT2D eigenvalue weighted by atomic mass is 35.5. The van der Waals surface area contributed by atoms with Gasteiger partial charge in [-0.15, -0.1) is 10.2 Å². The van der Waals surface area contributed by atoms with Crippen LogP contribution in [0.15, 0.2) is 78.2 Å². The van der Waals surface area contributed by atoms with E-state index in [1.807, 2.05) is 84.2 Å². The molecule has 0 saturated carbocycles. The van der Waals surface area contributed by atoms with Crippen molar-refractivity contribution < 1.29 is 4.79 Å². The summed E-state index contributed by atoms with van der Waals surface area (Å²) in [6, 6.07) is 18.8. The van der Waals surface area contributed by atoms with Crippen LogP contribution in [0.2, 0.25) is 5.02 Å². The third-order valence-electron chi connectivity index (χ3n) is 4.66. The Labute approximate surface area is 195 Å². The number of amides is 1. The van der Waals surface area contributed by atoms with Crippen molar-refractivity contribution in [3.8, 4) is 17.1 Å². The van der Waals surface area contributed by atoms with Crippen molar-refractivity contribution in [2.45, 2.75) is 5.16 Å². The highest BCUT2D eigenvalue weighted by molar-refractivity contribution is 7.99. The number of hydrogen-bond donors (Lipinski definition) is 1. The number of thioether (sulfide) groups is 1. The maximum Gasteiger partial charge on any atom is 0.234 e. The molecule has 1 N–H and O–H groups in total. The number of nitrogens with zero attached hydrogens (tertiary/aromatic N) is 5. The van der Waals surface area contributed by atoms with E-state index < -0.39 is 0 Å². The average molecular weight is 465 g/mol. The van der Waals surface area contributed by atoms with Gasteiger partial charge in [-0.25, -0.2) is 0 Å². The Hall–Kier alpha value is -3.36. The quantitative estimate of drug-likeness (QED) is 0.397. The van der Waals surface area contributed by atoms with E-state index in [0.29, 0.717) is 16.0 Å². The van der Waals surface area contributed by atoms with Gasteiger partial charge in [-0.3, -0.25) is 14.3 Å². The maximum absolute atomic E-state index is 12.5. The van der Waals surface area contributed by atoms with E-state index in [9.17, 15) is 4.79 Å². The molecule has 2 heterocycles. The minimum absolute atomic E-state index is 0.122. The second-order valence-corrected chi connectivity index (χ2v) is 8.51. The summed E-state index contributed by atoms with van der Waals surface area (Å²) in [5.41, 5.74) is 3.54. The molecule has 2 aromatic heterocycles. The monoisotopic (exact) mass is 464 g/mol. The van der Waals surface area contributed by atoms with Gasteiger partial charge in [-0.2, -0.15) is 0 Å². The van der Waals surface area contributed by atoms with Crippen molar-refractivity contribution in [2.24, 2.45) is 0 Å². The number of rotatable bonds is 7. The molecule has 0 fully saturated rings. The minimum Gasteiger partial charge on any atom is -0.378 e. The molecule has 0 saturated heterocycles. The van der Waals surface area contributed by atoms with Crippen molar-refractivity contribution in [2.75, 3.05) is 30.1 Å². The highest BCUT2D eigenvalue weighted by Gasteiger charge is 2.17. The van der Waals surface area contributed by atoms with Crippen LogP contribution in [0.3, 0.4) is 0 Å². The average Bonchev–Trinajstić information content (AvgIpc) is 3.23. The maximum atomic E-state index is 12.5. The lowest BCUT2D eigenvalue weighted by atomic mass is 10.2. The Balaban J connectivity index is 1.53. The molecule has 2 aromatic carbocycles. The Kier molecular flexibility index (Phi) is 6.72. The summed E-state index contributed by atoms with van der Waals surface area (Å²) in [5.74, 6) is 0.734. The summed E-state index contributed by atoms with van der Waals surface area (Å²) in [7, 11) is 3.95. The molecule has 0 aliphatic heterocycles. The third kappa shape index (κ3) is 5.09. The summed E-state index contributed by atoms with van der Waals surface area (Å²) in [6.07, 6.45) is 3.41. The fourth-order valence-corrected chi connectivity index (χ4v) is 3.92. The second kappa shape index (κ2) is 9.84. The van der Waals surface area contributed by atoms with Gasteiger partial charge in [0, 0.05) is 54.1 Å². The van der Waals surface area contributed by atoms with Crippen molar-refractivity contribution in [1.82, 2.24) is 19.7 Å². The molecule has 7 nitrogen and oxygen atoms in total. The second-order valence-electron chi connectivity index (χ2n) is 7.13. The Morgan fingerprint density at radius 2 is 1.69 bits per heavy atom. The van der Waals surface area contributed by atoms with Crippen LogP contribution in [0.5, 0.6) is 0 Å². The fourth-order valence-electron chi connectivity index (χ4n) is 3.04. The summed E-state index contributed by atoms with van der Waals surface area (Å²) in [5, 5.41) is 12.9. The molecule has 0 radical (unpaired) electrons. The lowest BCUT2D eigenvalue weighted by Crippen LogP contribution is -2.15. The van der Waals surface area contributed by atoms with Crippen LogP contribution in [-0.2, 0) is 4.79 Å². The number of hydrogen-bond acceptors (Lipinski definition) is 6. The van der Waals surface area contributed by atoms with E-state index >= 15 is 0 Å². The lowest BCUT2D eigenvalue weighted by molar-refractivity contribution is -0.113.